The molecule has 0 spiro atoms. The fourth-order valence-corrected chi connectivity index (χ4v) is 2.82. The topological polar surface area (TPSA) is 64.9 Å². The number of rotatable bonds is 2. The summed E-state index contributed by atoms with van der Waals surface area (Å²) in [5.74, 6) is 1.89. The molecular weight excluding hydrogens is 222 g/mol. The second-order valence-electron chi connectivity index (χ2n) is 4.14. The van der Waals surface area contributed by atoms with E-state index in [1.54, 1.807) is 0 Å². The van der Waals surface area contributed by atoms with E-state index in [0.717, 1.165) is 16.4 Å². The molecular formula is C11H13N3OS. The normalized spacial score (nSPS) is 17.0. The van der Waals surface area contributed by atoms with Gasteiger partial charge in [-0.2, -0.15) is 4.98 Å². The summed E-state index contributed by atoms with van der Waals surface area (Å²) in [6, 6.07) is 1.92. The van der Waals surface area contributed by atoms with Crippen molar-refractivity contribution in [3.63, 3.8) is 0 Å². The molecule has 1 aliphatic rings. The van der Waals surface area contributed by atoms with Crippen molar-refractivity contribution in [1.82, 2.24) is 10.1 Å². The van der Waals surface area contributed by atoms with E-state index in [4.69, 9.17) is 10.3 Å². The van der Waals surface area contributed by atoms with Crippen molar-refractivity contribution in [2.24, 2.45) is 0 Å². The molecule has 0 radical (unpaired) electrons. The number of anilines is 1. The zero-order valence-corrected chi connectivity index (χ0v) is 9.67. The highest BCUT2D eigenvalue weighted by atomic mass is 32.1. The number of nitrogens with zero attached hydrogens (tertiary/aromatic N) is 2. The van der Waals surface area contributed by atoms with E-state index < -0.39 is 0 Å². The molecule has 16 heavy (non-hydrogen) atoms. The predicted octanol–water partition coefficient (Wildman–Crippen LogP) is 3.04. The first-order valence-corrected chi connectivity index (χ1v) is 6.39. The molecule has 2 aromatic heterocycles. The molecule has 1 aliphatic carbocycles. The molecule has 0 bridgehead atoms. The van der Waals surface area contributed by atoms with Crippen molar-refractivity contribution in [3.05, 3.63) is 17.3 Å². The Morgan fingerprint density at radius 3 is 2.88 bits per heavy atom. The highest BCUT2D eigenvalue weighted by Crippen LogP contribution is 2.35. The molecule has 0 atom stereocenters. The highest BCUT2D eigenvalue weighted by molar-refractivity contribution is 7.14. The van der Waals surface area contributed by atoms with Gasteiger partial charge in [0.15, 0.2) is 5.82 Å². The van der Waals surface area contributed by atoms with Crippen LogP contribution in [0.25, 0.3) is 11.5 Å². The Labute approximate surface area is 97.5 Å². The number of thiophene rings is 1. The summed E-state index contributed by atoms with van der Waals surface area (Å²) in [6.45, 7) is 0. The maximum atomic E-state index is 5.83. The van der Waals surface area contributed by atoms with Crippen molar-refractivity contribution < 1.29 is 4.52 Å². The van der Waals surface area contributed by atoms with Crippen molar-refractivity contribution in [3.8, 4) is 11.5 Å². The van der Waals surface area contributed by atoms with Crippen LogP contribution < -0.4 is 5.73 Å². The molecule has 0 amide bonds. The average Bonchev–Trinajstić information content (AvgIpc) is 2.96. The van der Waals surface area contributed by atoms with Crippen LogP contribution in [0, 0.1) is 0 Å². The summed E-state index contributed by atoms with van der Waals surface area (Å²) in [5.41, 5.74) is 6.69. The van der Waals surface area contributed by atoms with Crippen molar-refractivity contribution >= 4 is 16.3 Å². The molecule has 2 aromatic rings. The molecule has 3 rings (SSSR count). The Kier molecular flexibility index (Phi) is 2.40. The van der Waals surface area contributed by atoms with E-state index in [0.29, 0.717) is 11.8 Å². The molecule has 1 fully saturated rings. The van der Waals surface area contributed by atoms with Crippen LogP contribution in [0.5, 0.6) is 0 Å². The van der Waals surface area contributed by atoms with Crippen LogP contribution in [-0.2, 0) is 0 Å². The largest absolute Gasteiger partial charge is 0.390 e. The lowest BCUT2D eigenvalue weighted by molar-refractivity contribution is 0.416. The summed E-state index contributed by atoms with van der Waals surface area (Å²) >= 11 is 1.49. The van der Waals surface area contributed by atoms with Crippen LogP contribution in [0.3, 0.4) is 0 Å². The third kappa shape index (κ3) is 1.61. The first-order valence-electron chi connectivity index (χ1n) is 5.51. The SMILES string of the molecule is Nc1sccc1-c1nc(C2CCCC2)no1. The molecule has 0 aliphatic heterocycles. The van der Waals surface area contributed by atoms with Crippen LogP contribution in [0.2, 0.25) is 0 Å². The van der Waals surface area contributed by atoms with Crippen molar-refractivity contribution in [1.29, 1.82) is 0 Å². The Morgan fingerprint density at radius 1 is 1.38 bits per heavy atom. The standard InChI is InChI=1S/C11H13N3OS/c12-9-8(5-6-16-9)11-13-10(14-15-11)7-3-1-2-4-7/h5-7H,1-4,12H2. The van der Waals surface area contributed by atoms with Crippen LogP contribution in [-0.4, -0.2) is 10.1 Å². The van der Waals surface area contributed by atoms with Crippen LogP contribution >= 0.6 is 11.3 Å². The quantitative estimate of drug-likeness (QED) is 0.868. The Hall–Kier alpha value is -1.36. The maximum absolute atomic E-state index is 5.83. The van der Waals surface area contributed by atoms with Gasteiger partial charge in [-0.3, -0.25) is 0 Å². The second kappa shape index (κ2) is 3.90. The lowest BCUT2D eigenvalue weighted by Crippen LogP contribution is -1.94. The van der Waals surface area contributed by atoms with E-state index in [1.165, 1.54) is 37.0 Å². The molecule has 5 heteroatoms. The minimum absolute atomic E-state index is 0.484. The van der Waals surface area contributed by atoms with Gasteiger partial charge in [0.2, 0.25) is 0 Å². The first-order chi connectivity index (χ1) is 7.84. The minimum Gasteiger partial charge on any atom is -0.390 e. The molecule has 0 aromatic carbocycles. The monoisotopic (exact) mass is 235 g/mol. The van der Waals surface area contributed by atoms with E-state index in [9.17, 15) is 0 Å². The molecule has 0 unspecified atom stereocenters. The van der Waals surface area contributed by atoms with E-state index in [2.05, 4.69) is 10.1 Å². The van der Waals surface area contributed by atoms with Gasteiger partial charge in [-0.1, -0.05) is 18.0 Å². The Balaban J connectivity index is 1.90. The third-order valence-electron chi connectivity index (χ3n) is 3.09. The van der Waals surface area contributed by atoms with E-state index in [-0.39, 0.29) is 0 Å². The number of nitrogens with two attached hydrogens (primary N) is 1. The molecule has 2 heterocycles. The van der Waals surface area contributed by atoms with Gasteiger partial charge in [-0.25, -0.2) is 0 Å². The molecule has 84 valence electrons. The fraction of sp³-hybridized carbons (Fsp3) is 0.455. The van der Waals surface area contributed by atoms with Crippen molar-refractivity contribution in [2.75, 3.05) is 5.73 Å². The number of hydrogen-bond acceptors (Lipinski definition) is 5. The lowest BCUT2D eigenvalue weighted by atomic mass is 10.1. The zero-order chi connectivity index (χ0) is 11.0. The number of aromatic nitrogens is 2. The second-order valence-corrected chi connectivity index (χ2v) is 5.09. The number of nitrogen functional groups attached to an aromatic ring is 1. The lowest BCUT2D eigenvalue weighted by Gasteiger charge is -1.99. The fourth-order valence-electron chi connectivity index (χ4n) is 2.19. The molecule has 4 nitrogen and oxygen atoms in total. The van der Waals surface area contributed by atoms with E-state index in [1.807, 2.05) is 11.4 Å². The Morgan fingerprint density at radius 2 is 2.19 bits per heavy atom. The zero-order valence-electron chi connectivity index (χ0n) is 8.85. The molecule has 0 saturated heterocycles. The van der Waals surface area contributed by atoms with Gasteiger partial charge in [0, 0.05) is 5.92 Å². The molecule has 1 saturated carbocycles. The van der Waals surface area contributed by atoms with Gasteiger partial charge in [0.1, 0.15) is 0 Å². The van der Waals surface area contributed by atoms with Crippen LogP contribution in [0.4, 0.5) is 5.00 Å². The smallest absolute Gasteiger partial charge is 0.260 e. The van der Waals surface area contributed by atoms with Gasteiger partial charge >= 0.3 is 0 Å². The third-order valence-corrected chi connectivity index (χ3v) is 3.83. The Bertz CT molecular complexity index is 485. The highest BCUT2D eigenvalue weighted by Gasteiger charge is 2.23. The summed E-state index contributed by atoms with van der Waals surface area (Å²) in [6.07, 6.45) is 4.90. The predicted molar refractivity (Wildman–Crippen MR) is 63.2 cm³/mol. The van der Waals surface area contributed by atoms with Crippen LogP contribution in [0.1, 0.15) is 37.4 Å². The minimum atomic E-state index is 0.484. The summed E-state index contributed by atoms with van der Waals surface area (Å²) < 4.78 is 5.27. The first kappa shape index (κ1) is 9.84. The summed E-state index contributed by atoms with van der Waals surface area (Å²) in [5, 5.41) is 6.73. The number of hydrogen-bond donors (Lipinski definition) is 1. The van der Waals surface area contributed by atoms with Crippen LogP contribution in [0.15, 0.2) is 16.0 Å². The van der Waals surface area contributed by atoms with Gasteiger partial charge in [0.05, 0.1) is 10.6 Å². The van der Waals surface area contributed by atoms with Gasteiger partial charge in [0.25, 0.3) is 5.89 Å². The van der Waals surface area contributed by atoms with Gasteiger partial charge < -0.3 is 10.3 Å². The summed E-state index contributed by atoms with van der Waals surface area (Å²) in [7, 11) is 0. The summed E-state index contributed by atoms with van der Waals surface area (Å²) in [4.78, 5) is 4.44. The maximum Gasteiger partial charge on any atom is 0.260 e. The van der Waals surface area contributed by atoms with E-state index >= 15 is 0 Å². The molecule has 2 N–H and O–H groups in total. The van der Waals surface area contributed by atoms with Gasteiger partial charge in [-0.05, 0) is 24.3 Å². The van der Waals surface area contributed by atoms with Gasteiger partial charge in [-0.15, -0.1) is 11.3 Å². The van der Waals surface area contributed by atoms with Crippen molar-refractivity contribution in [2.45, 2.75) is 31.6 Å². The average molecular weight is 235 g/mol.